The van der Waals surface area contributed by atoms with Crippen LogP contribution in [0.1, 0.15) is 52.0 Å². The molecule has 34 heavy (non-hydrogen) atoms. The molecule has 7 N–H and O–H groups in total. The van der Waals surface area contributed by atoms with Crippen molar-refractivity contribution in [3.8, 4) is 0 Å². The lowest BCUT2D eigenvalue weighted by Gasteiger charge is -2.19. The zero-order chi connectivity index (χ0) is 26.3. The lowest BCUT2D eigenvalue weighted by Crippen LogP contribution is -2.47. The minimum atomic E-state index is -0.976. The molecule has 0 radical (unpaired) electrons. The second kappa shape index (κ2) is 11.4. The molecule has 0 aliphatic rings. The summed E-state index contributed by atoms with van der Waals surface area (Å²) >= 11 is 6.00. The predicted octanol–water partition coefficient (Wildman–Crippen LogP) is 0.771. The molecule has 1 rings (SSSR count). The minimum Gasteiger partial charge on any atom is -0.459 e. The summed E-state index contributed by atoms with van der Waals surface area (Å²) in [6.07, 6.45) is -0.823. The van der Waals surface area contributed by atoms with E-state index in [2.05, 4.69) is 25.9 Å². The smallest absolute Gasteiger partial charge is 0.408 e. The van der Waals surface area contributed by atoms with Crippen LogP contribution in [0.5, 0.6) is 0 Å². The van der Waals surface area contributed by atoms with Crippen LogP contribution in [0.25, 0.3) is 0 Å². The van der Waals surface area contributed by atoms with Gasteiger partial charge in [-0.3, -0.25) is 30.4 Å². The summed E-state index contributed by atoms with van der Waals surface area (Å²) < 4.78 is 10.1. The van der Waals surface area contributed by atoms with Crippen molar-refractivity contribution in [2.75, 3.05) is 24.1 Å². The highest BCUT2D eigenvalue weighted by atomic mass is 35.5. The number of carbonyl (C=O) groups excluding carboxylic acids is 4. The van der Waals surface area contributed by atoms with Gasteiger partial charge in [0.1, 0.15) is 24.3 Å². The number of aromatic nitrogens is 2. The number of nitrogens with zero attached hydrogens (tertiary/aromatic N) is 2. The van der Waals surface area contributed by atoms with Gasteiger partial charge < -0.3 is 25.8 Å². The Morgan fingerprint density at radius 3 is 2.12 bits per heavy atom. The van der Waals surface area contributed by atoms with Crippen molar-refractivity contribution in [2.24, 2.45) is 0 Å². The van der Waals surface area contributed by atoms with Crippen molar-refractivity contribution in [3.05, 3.63) is 10.8 Å². The van der Waals surface area contributed by atoms with Gasteiger partial charge in [0.2, 0.25) is 11.9 Å². The number of alkyl carbamates (subject to hydrolysis) is 1. The fourth-order valence-corrected chi connectivity index (χ4v) is 2.29. The minimum absolute atomic E-state index is 0.0572. The van der Waals surface area contributed by atoms with Gasteiger partial charge >= 0.3 is 12.1 Å². The molecule has 0 unspecified atom stereocenters. The number of hydrogen-bond donors (Lipinski definition) is 6. The number of nitrogens with two attached hydrogens (primary N) is 1. The predicted molar refractivity (Wildman–Crippen MR) is 123 cm³/mol. The summed E-state index contributed by atoms with van der Waals surface area (Å²) in [5.74, 6) is -3.45. The Labute approximate surface area is 201 Å². The number of esters is 1. The molecule has 14 nitrogen and oxygen atoms in total. The summed E-state index contributed by atoms with van der Waals surface area (Å²) in [5.41, 5.74) is 3.90. The normalized spacial score (nSPS) is 11.1. The third-order valence-electron chi connectivity index (χ3n) is 3.21. The lowest BCUT2D eigenvalue weighted by molar-refractivity contribution is -0.152. The van der Waals surface area contributed by atoms with Crippen LogP contribution in [0.4, 0.5) is 16.4 Å². The molecule has 1 aromatic heterocycles. The van der Waals surface area contributed by atoms with Gasteiger partial charge in [0.05, 0.1) is 0 Å². The van der Waals surface area contributed by atoms with Crippen LogP contribution in [0.2, 0.25) is 5.15 Å². The van der Waals surface area contributed by atoms with Crippen LogP contribution in [0.3, 0.4) is 0 Å². The molecule has 0 aromatic carbocycles. The van der Waals surface area contributed by atoms with E-state index in [0.29, 0.717) is 0 Å². The number of rotatable bonds is 6. The molecule has 188 valence electrons. The molecule has 1 heterocycles. The Morgan fingerprint density at radius 1 is 0.971 bits per heavy atom. The molecule has 0 spiro atoms. The first-order valence-electron chi connectivity index (χ1n) is 9.92. The van der Waals surface area contributed by atoms with Crippen LogP contribution in [0, 0.1) is 5.41 Å². The van der Waals surface area contributed by atoms with Gasteiger partial charge in [-0.05, 0) is 41.5 Å². The fraction of sp³-hybridized carbons (Fsp3) is 0.526. The quantitative estimate of drug-likeness (QED) is 0.183. The average Bonchev–Trinajstić information content (AvgIpc) is 2.63. The Bertz CT molecular complexity index is 971. The van der Waals surface area contributed by atoms with E-state index in [4.69, 9.17) is 32.2 Å². The number of amides is 3. The SMILES string of the molecule is CC(C)(C)OC(=O)CNc1nc(N)c(C(=O)NC(=N)NC(=O)CNC(=O)OC(C)(C)C)nc1Cl. The number of carbonyl (C=O) groups is 4. The van der Waals surface area contributed by atoms with Gasteiger partial charge in [0, 0.05) is 0 Å². The zero-order valence-electron chi connectivity index (χ0n) is 19.7. The summed E-state index contributed by atoms with van der Waals surface area (Å²) in [5, 5.41) is 16.3. The summed E-state index contributed by atoms with van der Waals surface area (Å²) in [4.78, 5) is 55.2. The Kier molecular flexibility index (Phi) is 9.55. The summed E-state index contributed by atoms with van der Waals surface area (Å²) in [6, 6.07) is 0. The molecule has 0 bridgehead atoms. The van der Waals surface area contributed by atoms with Gasteiger partial charge in [-0.15, -0.1) is 0 Å². The third kappa shape index (κ3) is 10.8. The lowest BCUT2D eigenvalue weighted by atomic mass is 10.2. The first kappa shape index (κ1) is 28.4. The topological polar surface area (TPSA) is 211 Å². The maximum absolute atomic E-state index is 12.3. The van der Waals surface area contributed by atoms with Gasteiger partial charge in [-0.2, -0.15) is 0 Å². The molecule has 0 fully saturated rings. The second-order valence-electron chi connectivity index (χ2n) is 8.77. The van der Waals surface area contributed by atoms with E-state index < -0.39 is 53.3 Å². The van der Waals surface area contributed by atoms with Gasteiger partial charge in [0.15, 0.2) is 22.5 Å². The Hall–Kier alpha value is -3.68. The number of anilines is 2. The van der Waals surface area contributed by atoms with E-state index in [1.54, 1.807) is 41.5 Å². The van der Waals surface area contributed by atoms with Crippen LogP contribution in [0.15, 0.2) is 0 Å². The second-order valence-corrected chi connectivity index (χ2v) is 9.13. The molecule has 0 atom stereocenters. The number of halogens is 1. The van der Waals surface area contributed by atoms with E-state index >= 15 is 0 Å². The van der Waals surface area contributed by atoms with Crippen molar-refractivity contribution in [1.82, 2.24) is 25.9 Å². The van der Waals surface area contributed by atoms with E-state index in [0.717, 1.165) is 0 Å². The molecule has 0 saturated heterocycles. The van der Waals surface area contributed by atoms with Crippen molar-refractivity contribution >= 4 is 53.1 Å². The van der Waals surface area contributed by atoms with Gasteiger partial charge in [-0.25, -0.2) is 14.8 Å². The third-order valence-corrected chi connectivity index (χ3v) is 3.47. The number of guanidine groups is 1. The number of nitrogens with one attached hydrogen (secondary N) is 5. The highest BCUT2D eigenvalue weighted by Gasteiger charge is 2.21. The highest BCUT2D eigenvalue weighted by molar-refractivity contribution is 6.32. The number of nitrogen functional groups attached to an aromatic ring is 1. The molecule has 0 aliphatic heterocycles. The molecule has 3 amide bonds. The molecular weight excluding hydrogens is 472 g/mol. The van der Waals surface area contributed by atoms with E-state index in [-0.39, 0.29) is 23.3 Å². The molecular formula is C19H29ClN8O6. The first-order chi connectivity index (χ1) is 15.5. The van der Waals surface area contributed by atoms with E-state index in [1.165, 1.54) is 0 Å². The molecule has 0 saturated carbocycles. The maximum atomic E-state index is 12.3. The van der Waals surface area contributed by atoms with Crippen LogP contribution in [-0.4, -0.2) is 64.1 Å². The summed E-state index contributed by atoms with van der Waals surface area (Å²) in [6.45, 7) is 9.32. The largest absolute Gasteiger partial charge is 0.459 e. The van der Waals surface area contributed by atoms with Gasteiger partial charge in [0.25, 0.3) is 5.91 Å². The molecule has 0 aliphatic carbocycles. The van der Waals surface area contributed by atoms with E-state index in [1.807, 2.05) is 5.32 Å². The van der Waals surface area contributed by atoms with E-state index in [9.17, 15) is 19.2 Å². The number of ether oxygens (including phenoxy) is 2. The monoisotopic (exact) mass is 500 g/mol. The Morgan fingerprint density at radius 2 is 1.56 bits per heavy atom. The highest BCUT2D eigenvalue weighted by Crippen LogP contribution is 2.20. The first-order valence-corrected chi connectivity index (χ1v) is 10.3. The zero-order valence-corrected chi connectivity index (χ0v) is 20.5. The van der Waals surface area contributed by atoms with Crippen molar-refractivity contribution in [2.45, 2.75) is 52.7 Å². The summed E-state index contributed by atoms with van der Waals surface area (Å²) in [7, 11) is 0. The van der Waals surface area contributed by atoms with Crippen LogP contribution >= 0.6 is 11.6 Å². The van der Waals surface area contributed by atoms with Crippen molar-refractivity contribution < 1.29 is 28.7 Å². The van der Waals surface area contributed by atoms with Crippen LogP contribution in [-0.2, 0) is 19.1 Å². The fourth-order valence-electron chi connectivity index (χ4n) is 2.10. The maximum Gasteiger partial charge on any atom is 0.408 e. The van der Waals surface area contributed by atoms with Crippen LogP contribution < -0.4 is 27.0 Å². The van der Waals surface area contributed by atoms with Crippen molar-refractivity contribution in [3.63, 3.8) is 0 Å². The Balaban J connectivity index is 2.65. The van der Waals surface area contributed by atoms with Gasteiger partial charge in [-0.1, -0.05) is 11.6 Å². The average molecular weight is 501 g/mol. The standard InChI is InChI=1S/C19H29ClN8O6/c1-18(2,3)33-10(30)8-23-14-12(20)26-11(13(21)27-14)15(31)28-16(22)25-9(29)7-24-17(32)34-19(4,5)6/h7-8H2,1-6H3,(H,24,32)(H3,21,23,27)(H3,22,25,28,29,31). The molecule has 15 heteroatoms. The number of hydrogen-bond acceptors (Lipinski definition) is 11. The van der Waals surface area contributed by atoms with Crippen molar-refractivity contribution in [1.29, 1.82) is 5.41 Å². The molecule has 1 aromatic rings.